The van der Waals surface area contributed by atoms with Crippen molar-refractivity contribution in [2.75, 3.05) is 26.7 Å². The normalized spacial score (nSPS) is 15.5. The molecule has 28 heavy (non-hydrogen) atoms. The maximum atomic E-state index is 12.5. The minimum absolute atomic E-state index is 0.00901. The summed E-state index contributed by atoms with van der Waals surface area (Å²) in [5, 5.41) is 14.3. The Bertz CT molecular complexity index is 694. The van der Waals surface area contributed by atoms with Crippen LogP contribution in [-0.2, 0) is 11.3 Å². The number of nitro benzene ring substituents is 1. The summed E-state index contributed by atoms with van der Waals surface area (Å²) in [6.07, 6.45) is 2.20. The van der Waals surface area contributed by atoms with Crippen LogP contribution in [0.3, 0.4) is 0 Å². The second-order valence-electron chi connectivity index (χ2n) is 6.61. The van der Waals surface area contributed by atoms with Crippen LogP contribution >= 0.6 is 0 Å². The molecule has 0 saturated carbocycles. The fraction of sp³-hybridized carbons (Fsp3) is 0.611. The Morgan fingerprint density at radius 2 is 2.04 bits per heavy atom. The van der Waals surface area contributed by atoms with Crippen molar-refractivity contribution in [2.45, 2.75) is 39.3 Å². The highest BCUT2D eigenvalue weighted by Crippen LogP contribution is 2.36. The van der Waals surface area contributed by atoms with E-state index in [-0.39, 0.29) is 35.6 Å². The molecule has 0 bridgehead atoms. The number of amides is 1. The van der Waals surface area contributed by atoms with E-state index in [4.69, 9.17) is 4.74 Å². The van der Waals surface area contributed by atoms with E-state index < -0.39 is 11.5 Å². The van der Waals surface area contributed by atoms with Crippen molar-refractivity contribution in [1.82, 2.24) is 10.2 Å². The molecule has 1 aromatic rings. The van der Waals surface area contributed by atoms with E-state index in [9.17, 15) is 23.7 Å². The van der Waals surface area contributed by atoms with Gasteiger partial charge in [-0.15, -0.1) is 0 Å². The van der Waals surface area contributed by atoms with Gasteiger partial charge in [-0.05, 0) is 38.4 Å². The number of benzene rings is 1. The number of nitrogens with zero attached hydrogens (tertiary/aromatic N) is 2. The highest BCUT2D eigenvalue weighted by Gasteiger charge is 2.27. The zero-order chi connectivity index (χ0) is 20.7. The number of rotatable bonds is 9. The minimum atomic E-state index is -3.11. The summed E-state index contributed by atoms with van der Waals surface area (Å²) in [4.78, 5) is 24.8. The van der Waals surface area contributed by atoms with Crippen LogP contribution < -0.4 is 14.8 Å². The maximum Gasteiger partial charge on any atom is 0.387 e. The van der Waals surface area contributed by atoms with Gasteiger partial charge in [-0.25, -0.2) is 0 Å². The summed E-state index contributed by atoms with van der Waals surface area (Å²) in [6.45, 7) is 1.00. The molecule has 10 heteroatoms. The third-order valence-corrected chi connectivity index (χ3v) is 4.68. The van der Waals surface area contributed by atoms with Gasteiger partial charge in [-0.2, -0.15) is 8.78 Å². The number of likely N-dealkylation sites (tertiary alicyclic amines) is 1. The van der Waals surface area contributed by atoms with Gasteiger partial charge in [0.1, 0.15) is 0 Å². The van der Waals surface area contributed by atoms with Crippen molar-refractivity contribution in [1.29, 1.82) is 0 Å². The Balaban J connectivity index is 2.09. The average Bonchev–Trinajstić information content (AvgIpc) is 2.66. The number of hydrogen-bond acceptors (Lipinski definition) is 6. The molecule has 0 spiro atoms. The van der Waals surface area contributed by atoms with Crippen LogP contribution in [0.1, 0.15) is 31.7 Å². The first-order valence-electron chi connectivity index (χ1n) is 9.15. The van der Waals surface area contributed by atoms with Gasteiger partial charge in [-0.3, -0.25) is 19.8 Å². The molecule has 0 atom stereocenters. The molecule has 1 fully saturated rings. The monoisotopic (exact) mass is 401 g/mol. The third-order valence-electron chi connectivity index (χ3n) is 4.68. The van der Waals surface area contributed by atoms with Crippen molar-refractivity contribution >= 4 is 11.6 Å². The smallest absolute Gasteiger partial charge is 0.387 e. The second-order valence-corrected chi connectivity index (χ2v) is 6.61. The number of hydrogen-bond donors (Lipinski definition) is 1. The molecule has 1 aromatic carbocycles. The molecule has 1 N–H and O–H groups in total. The van der Waals surface area contributed by atoms with Crippen LogP contribution in [0, 0.1) is 16.0 Å². The summed E-state index contributed by atoms with van der Waals surface area (Å²) >= 11 is 0. The Labute approximate surface area is 161 Å². The van der Waals surface area contributed by atoms with Gasteiger partial charge < -0.3 is 14.8 Å². The van der Waals surface area contributed by atoms with Crippen molar-refractivity contribution in [2.24, 2.45) is 5.92 Å². The number of ether oxygens (including phenoxy) is 2. The van der Waals surface area contributed by atoms with Gasteiger partial charge in [0.05, 0.1) is 18.1 Å². The molecular weight excluding hydrogens is 376 g/mol. The topological polar surface area (TPSA) is 93.9 Å². The van der Waals surface area contributed by atoms with Crippen LogP contribution in [0.5, 0.6) is 11.5 Å². The molecule has 0 unspecified atom stereocenters. The predicted molar refractivity (Wildman–Crippen MR) is 97.6 cm³/mol. The number of halogens is 2. The summed E-state index contributed by atoms with van der Waals surface area (Å²) in [5.41, 5.74) is 0.0385. The third kappa shape index (κ3) is 5.75. The first-order valence-corrected chi connectivity index (χ1v) is 9.15. The van der Waals surface area contributed by atoms with Crippen molar-refractivity contribution in [3.8, 4) is 11.5 Å². The van der Waals surface area contributed by atoms with Crippen LogP contribution in [-0.4, -0.2) is 49.1 Å². The Kier molecular flexibility index (Phi) is 7.91. The van der Waals surface area contributed by atoms with Crippen LogP contribution in [0.25, 0.3) is 0 Å². The van der Waals surface area contributed by atoms with E-state index in [2.05, 4.69) is 10.1 Å². The minimum Gasteiger partial charge on any atom is -0.493 e. The lowest BCUT2D eigenvalue weighted by Gasteiger charge is -2.31. The summed E-state index contributed by atoms with van der Waals surface area (Å²) in [7, 11) is 1.28. The van der Waals surface area contributed by atoms with Gasteiger partial charge in [0.15, 0.2) is 11.5 Å². The number of nitro groups is 1. The fourth-order valence-corrected chi connectivity index (χ4v) is 3.22. The lowest BCUT2D eigenvalue weighted by atomic mass is 9.95. The quantitative estimate of drug-likeness (QED) is 0.505. The molecule has 8 nitrogen and oxygen atoms in total. The Morgan fingerprint density at radius 1 is 1.36 bits per heavy atom. The first-order chi connectivity index (χ1) is 13.3. The van der Waals surface area contributed by atoms with Crippen LogP contribution in [0.15, 0.2) is 12.1 Å². The molecule has 1 saturated heterocycles. The molecule has 2 rings (SSSR count). The van der Waals surface area contributed by atoms with Gasteiger partial charge in [0.25, 0.3) is 5.69 Å². The van der Waals surface area contributed by atoms with Crippen molar-refractivity contribution in [3.05, 3.63) is 27.8 Å². The second kappa shape index (κ2) is 10.2. The van der Waals surface area contributed by atoms with Crippen LogP contribution in [0.2, 0.25) is 0 Å². The van der Waals surface area contributed by atoms with Gasteiger partial charge in [-0.1, -0.05) is 6.92 Å². The molecule has 0 aromatic heterocycles. The molecule has 0 radical (unpaired) electrons. The fourth-order valence-electron chi connectivity index (χ4n) is 3.22. The number of carbonyl (C=O) groups is 1. The van der Waals surface area contributed by atoms with Gasteiger partial charge in [0.2, 0.25) is 5.91 Å². The Hall–Kier alpha value is -2.49. The zero-order valence-electron chi connectivity index (χ0n) is 16.0. The molecule has 1 aliphatic heterocycles. The largest absolute Gasteiger partial charge is 0.493 e. The van der Waals surface area contributed by atoms with Crippen molar-refractivity contribution < 1.29 is 28.0 Å². The molecule has 1 amide bonds. The zero-order valence-corrected chi connectivity index (χ0v) is 16.0. The van der Waals surface area contributed by atoms with Crippen LogP contribution in [0.4, 0.5) is 14.5 Å². The first kappa shape index (κ1) is 21.8. The highest BCUT2D eigenvalue weighted by atomic mass is 19.3. The maximum absolute atomic E-state index is 12.5. The van der Waals surface area contributed by atoms with Crippen molar-refractivity contribution in [3.63, 3.8) is 0 Å². The van der Waals surface area contributed by atoms with E-state index in [0.29, 0.717) is 38.0 Å². The molecule has 156 valence electrons. The SMILES string of the molecule is CCCNC(=O)C1CCN(Cc2cc(OC)c(OC(F)F)cc2[N+](=O)[O-])CC1. The number of piperidine rings is 1. The number of nitrogens with one attached hydrogen (secondary N) is 1. The molecule has 0 aliphatic carbocycles. The lowest BCUT2D eigenvalue weighted by molar-refractivity contribution is -0.385. The van der Waals surface area contributed by atoms with E-state index in [1.54, 1.807) is 0 Å². The molecule has 1 heterocycles. The van der Waals surface area contributed by atoms with E-state index in [1.807, 2.05) is 11.8 Å². The predicted octanol–water partition coefficient (Wildman–Crippen LogP) is 2.94. The highest BCUT2D eigenvalue weighted by molar-refractivity contribution is 5.78. The lowest BCUT2D eigenvalue weighted by Crippen LogP contribution is -2.40. The number of carbonyl (C=O) groups excluding carboxylic acids is 1. The summed E-state index contributed by atoms with van der Waals surface area (Å²) < 4.78 is 34.4. The molecular formula is C18H25F2N3O5. The summed E-state index contributed by atoms with van der Waals surface area (Å²) in [5.74, 6) is -0.384. The Morgan fingerprint density at radius 3 is 2.57 bits per heavy atom. The summed E-state index contributed by atoms with van der Waals surface area (Å²) in [6, 6.07) is 2.32. The average molecular weight is 401 g/mol. The number of methoxy groups -OCH3 is 1. The number of alkyl halides is 2. The van der Waals surface area contributed by atoms with E-state index in [0.717, 1.165) is 12.5 Å². The van der Waals surface area contributed by atoms with E-state index in [1.165, 1.54) is 13.2 Å². The standard InChI is InChI=1S/C18H25F2N3O5/c1-3-6-21-17(24)12-4-7-22(8-5-12)11-13-9-15(27-2)16(28-18(19)20)10-14(13)23(25)26/h9-10,12,18H,3-8,11H2,1-2H3,(H,21,24). The molecule has 1 aliphatic rings. The van der Waals surface area contributed by atoms with E-state index >= 15 is 0 Å². The van der Waals surface area contributed by atoms with Gasteiger partial charge >= 0.3 is 6.61 Å². The van der Waals surface area contributed by atoms with Gasteiger partial charge in [0, 0.05) is 24.6 Å².